The highest BCUT2D eigenvalue weighted by Gasteiger charge is 2.27. The third-order valence-corrected chi connectivity index (χ3v) is 6.53. The maximum absolute atomic E-state index is 12.7. The number of nitrogens with one attached hydrogen (secondary N) is 1. The molecule has 3 rings (SSSR count). The van der Waals surface area contributed by atoms with Gasteiger partial charge >= 0.3 is 0 Å². The van der Waals surface area contributed by atoms with E-state index in [-0.39, 0.29) is 22.6 Å². The monoisotopic (exact) mass is 352 g/mol. The molecule has 1 unspecified atom stereocenters. The molecule has 2 heterocycles. The van der Waals surface area contributed by atoms with Crippen LogP contribution in [0.1, 0.15) is 12.7 Å². The molecule has 1 aromatic carbocycles. The van der Waals surface area contributed by atoms with Gasteiger partial charge in [-0.25, -0.2) is 8.42 Å². The summed E-state index contributed by atoms with van der Waals surface area (Å²) < 4.78 is 31.7. The maximum Gasteiger partial charge on any atom is 0.243 e. The molecule has 0 bridgehead atoms. The molecule has 0 saturated heterocycles. The summed E-state index contributed by atoms with van der Waals surface area (Å²) in [6.07, 6.45) is 1.50. The number of furan rings is 1. The fraction of sp³-hybridized carbons (Fsp3) is 0.267. The highest BCUT2D eigenvalue weighted by molar-refractivity contribution is 8.01. The van der Waals surface area contributed by atoms with E-state index in [1.165, 1.54) is 35.4 Å². The highest BCUT2D eigenvalue weighted by Crippen LogP contribution is 2.37. The summed E-state index contributed by atoms with van der Waals surface area (Å²) in [7, 11) is -2.17. The molecule has 0 fully saturated rings. The van der Waals surface area contributed by atoms with Gasteiger partial charge in [-0.2, -0.15) is 4.31 Å². The normalized spacial score (nSPS) is 17.9. The molecule has 1 aliphatic heterocycles. The fourth-order valence-corrected chi connectivity index (χ4v) is 4.33. The van der Waals surface area contributed by atoms with Crippen LogP contribution in [0, 0.1) is 0 Å². The molecule has 122 valence electrons. The van der Waals surface area contributed by atoms with E-state index in [0.717, 1.165) is 4.90 Å². The number of carbonyl (C=O) groups is 1. The Hall–Kier alpha value is -1.77. The van der Waals surface area contributed by atoms with Crippen LogP contribution in [0.25, 0.3) is 0 Å². The maximum atomic E-state index is 12.7. The van der Waals surface area contributed by atoms with Crippen molar-refractivity contribution in [1.82, 2.24) is 4.31 Å². The van der Waals surface area contributed by atoms with Crippen LogP contribution in [0.5, 0.6) is 0 Å². The second kappa shape index (κ2) is 6.03. The molecular formula is C15H16N2O4S2. The Morgan fingerprint density at radius 2 is 2.13 bits per heavy atom. The molecule has 6 nitrogen and oxygen atoms in total. The van der Waals surface area contributed by atoms with Crippen molar-refractivity contribution >= 4 is 33.4 Å². The van der Waals surface area contributed by atoms with Crippen LogP contribution in [0.2, 0.25) is 0 Å². The largest absolute Gasteiger partial charge is 0.468 e. The zero-order valence-electron chi connectivity index (χ0n) is 12.6. The summed E-state index contributed by atoms with van der Waals surface area (Å²) in [5.41, 5.74) is 0.533. The zero-order chi connectivity index (χ0) is 16.6. The van der Waals surface area contributed by atoms with Crippen molar-refractivity contribution in [2.75, 3.05) is 12.4 Å². The van der Waals surface area contributed by atoms with Crippen molar-refractivity contribution in [3.63, 3.8) is 0 Å². The molecular weight excluding hydrogens is 336 g/mol. The Bertz CT molecular complexity index is 831. The molecule has 0 aliphatic carbocycles. The Balaban J connectivity index is 1.88. The van der Waals surface area contributed by atoms with Gasteiger partial charge in [-0.15, -0.1) is 11.8 Å². The summed E-state index contributed by atoms with van der Waals surface area (Å²) in [6.45, 7) is 1.95. The summed E-state index contributed by atoms with van der Waals surface area (Å²) in [5, 5.41) is 2.56. The van der Waals surface area contributed by atoms with Crippen LogP contribution in [0.15, 0.2) is 50.8 Å². The lowest BCUT2D eigenvalue weighted by Crippen LogP contribution is -2.28. The summed E-state index contributed by atoms with van der Waals surface area (Å²) in [4.78, 5) is 12.8. The van der Waals surface area contributed by atoms with Gasteiger partial charge in [0.15, 0.2) is 0 Å². The summed E-state index contributed by atoms with van der Waals surface area (Å²) in [5.74, 6) is 0.438. The Kier molecular flexibility index (Phi) is 4.22. The van der Waals surface area contributed by atoms with E-state index in [1.807, 2.05) is 6.92 Å². The van der Waals surface area contributed by atoms with Crippen LogP contribution in [-0.4, -0.2) is 30.9 Å². The van der Waals surface area contributed by atoms with E-state index in [9.17, 15) is 13.2 Å². The minimum atomic E-state index is -3.67. The van der Waals surface area contributed by atoms with Gasteiger partial charge in [0.2, 0.25) is 15.9 Å². The summed E-state index contributed by atoms with van der Waals surface area (Å²) >= 11 is 1.42. The molecule has 0 radical (unpaired) electrons. The van der Waals surface area contributed by atoms with Crippen LogP contribution in [0.3, 0.4) is 0 Å². The molecule has 1 N–H and O–H groups in total. The van der Waals surface area contributed by atoms with Gasteiger partial charge < -0.3 is 9.73 Å². The fourth-order valence-electron chi connectivity index (χ4n) is 2.24. The topological polar surface area (TPSA) is 79.6 Å². The van der Waals surface area contributed by atoms with Crippen molar-refractivity contribution in [2.24, 2.45) is 0 Å². The van der Waals surface area contributed by atoms with E-state index >= 15 is 0 Å². The molecule has 23 heavy (non-hydrogen) atoms. The molecule has 1 amide bonds. The minimum absolute atomic E-state index is 0.124. The quantitative estimate of drug-likeness (QED) is 0.915. The van der Waals surface area contributed by atoms with E-state index in [1.54, 1.807) is 24.3 Å². The smallest absolute Gasteiger partial charge is 0.243 e. The third kappa shape index (κ3) is 3.15. The Morgan fingerprint density at radius 3 is 2.83 bits per heavy atom. The molecule has 0 saturated carbocycles. The number of hydrogen-bond acceptors (Lipinski definition) is 5. The van der Waals surface area contributed by atoms with Crippen molar-refractivity contribution in [3.05, 3.63) is 42.4 Å². The average Bonchev–Trinajstić information content (AvgIpc) is 3.00. The first-order valence-electron chi connectivity index (χ1n) is 6.98. The first kappa shape index (κ1) is 16.1. The standard InChI is InChI=1S/C15H16N2O4S2/c1-10-15(18)16-13-8-12(5-6-14(13)22-10)23(19,20)17(2)9-11-4-3-7-21-11/h3-8,10H,9H2,1-2H3,(H,16,18). The van der Waals surface area contributed by atoms with Crippen molar-refractivity contribution in [2.45, 2.75) is 28.5 Å². The van der Waals surface area contributed by atoms with Gasteiger partial charge in [-0.05, 0) is 37.3 Å². The molecule has 1 aromatic heterocycles. The number of rotatable bonds is 4. The first-order chi connectivity index (χ1) is 10.9. The van der Waals surface area contributed by atoms with Gasteiger partial charge in [0.05, 0.1) is 28.6 Å². The number of benzene rings is 1. The predicted octanol–water partition coefficient (Wildman–Crippen LogP) is 2.53. The third-order valence-electron chi connectivity index (χ3n) is 3.55. The highest BCUT2D eigenvalue weighted by atomic mass is 32.2. The molecule has 8 heteroatoms. The molecule has 1 atom stereocenters. The lowest BCUT2D eigenvalue weighted by atomic mass is 10.3. The van der Waals surface area contributed by atoms with E-state index in [0.29, 0.717) is 11.4 Å². The van der Waals surface area contributed by atoms with E-state index in [2.05, 4.69) is 5.32 Å². The van der Waals surface area contributed by atoms with Crippen molar-refractivity contribution < 1.29 is 17.6 Å². The molecule has 1 aliphatic rings. The number of hydrogen-bond donors (Lipinski definition) is 1. The van der Waals surface area contributed by atoms with Crippen molar-refractivity contribution in [1.29, 1.82) is 0 Å². The Labute approximate surface area is 138 Å². The lowest BCUT2D eigenvalue weighted by molar-refractivity contribution is -0.115. The number of sulfonamides is 1. The van der Waals surface area contributed by atoms with Gasteiger partial charge in [-0.1, -0.05) is 0 Å². The number of fused-ring (bicyclic) bond motifs is 1. The number of carbonyl (C=O) groups excluding carboxylic acids is 1. The number of thioether (sulfide) groups is 1. The average molecular weight is 352 g/mol. The molecule has 2 aromatic rings. The van der Waals surface area contributed by atoms with Crippen LogP contribution >= 0.6 is 11.8 Å². The van der Waals surface area contributed by atoms with Gasteiger partial charge in [0.25, 0.3) is 0 Å². The van der Waals surface area contributed by atoms with Gasteiger partial charge in [-0.3, -0.25) is 4.79 Å². The zero-order valence-corrected chi connectivity index (χ0v) is 14.3. The lowest BCUT2D eigenvalue weighted by Gasteiger charge is -2.23. The van der Waals surface area contributed by atoms with Gasteiger partial charge in [0.1, 0.15) is 5.76 Å². The SMILES string of the molecule is CC1Sc2ccc(S(=O)(=O)N(C)Cc3ccco3)cc2NC1=O. The van der Waals surface area contributed by atoms with Crippen molar-refractivity contribution in [3.8, 4) is 0 Å². The number of nitrogens with zero attached hydrogens (tertiary/aromatic N) is 1. The number of anilines is 1. The second-order valence-electron chi connectivity index (χ2n) is 5.25. The molecule has 0 spiro atoms. The van der Waals surface area contributed by atoms with E-state index in [4.69, 9.17) is 4.42 Å². The number of amides is 1. The first-order valence-corrected chi connectivity index (χ1v) is 9.30. The summed E-state index contributed by atoms with van der Waals surface area (Å²) in [6, 6.07) is 8.22. The van der Waals surface area contributed by atoms with Crippen LogP contribution < -0.4 is 5.32 Å². The predicted molar refractivity (Wildman–Crippen MR) is 87.8 cm³/mol. The van der Waals surface area contributed by atoms with E-state index < -0.39 is 10.0 Å². The minimum Gasteiger partial charge on any atom is -0.468 e. The van der Waals surface area contributed by atoms with Gasteiger partial charge in [0, 0.05) is 11.9 Å². The Morgan fingerprint density at radius 1 is 1.35 bits per heavy atom. The second-order valence-corrected chi connectivity index (χ2v) is 8.68. The van der Waals surface area contributed by atoms with Crippen LogP contribution in [-0.2, 0) is 21.4 Å². The van der Waals surface area contributed by atoms with Crippen LogP contribution in [0.4, 0.5) is 5.69 Å².